The van der Waals surface area contributed by atoms with Crippen molar-refractivity contribution < 1.29 is 14.6 Å². The van der Waals surface area contributed by atoms with Gasteiger partial charge in [-0.05, 0) is 54.8 Å². The molecule has 100 valence electrons. The van der Waals surface area contributed by atoms with Crippen LogP contribution in [0.1, 0.15) is 5.56 Å². The summed E-state index contributed by atoms with van der Waals surface area (Å²) >= 11 is 0. The molecule has 2 N–H and O–H groups in total. The second-order valence-corrected chi connectivity index (χ2v) is 4.62. The van der Waals surface area contributed by atoms with Crippen molar-refractivity contribution in [1.29, 1.82) is 0 Å². The lowest BCUT2D eigenvalue weighted by Crippen LogP contribution is -2.02. The summed E-state index contributed by atoms with van der Waals surface area (Å²) in [5, 5.41) is 20.0. The molecule has 0 aliphatic heterocycles. The van der Waals surface area contributed by atoms with Gasteiger partial charge in [0, 0.05) is 11.1 Å². The maximum Gasteiger partial charge on any atom is 0.344 e. The SMILES string of the molecule is Cc1c(-c2ccc(O)cc2)oc(=O)c2ccc(O)cc12. The minimum Gasteiger partial charge on any atom is -0.508 e. The molecule has 0 bridgehead atoms. The van der Waals surface area contributed by atoms with E-state index in [0.29, 0.717) is 22.1 Å². The van der Waals surface area contributed by atoms with E-state index in [-0.39, 0.29) is 11.5 Å². The zero-order valence-electron chi connectivity index (χ0n) is 10.8. The van der Waals surface area contributed by atoms with Crippen molar-refractivity contribution in [3.63, 3.8) is 0 Å². The zero-order valence-corrected chi connectivity index (χ0v) is 10.8. The van der Waals surface area contributed by atoms with Crippen LogP contribution in [0.25, 0.3) is 22.1 Å². The molecule has 0 atom stereocenters. The van der Waals surface area contributed by atoms with Crippen molar-refractivity contribution in [2.75, 3.05) is 0 Å². The number of benzene rings is 2. The second kappa shape index (κ2) is 4.42. The first kappa shape index (κ1) is 12.3. The molecule has 4 heteroatoms. The summed E-state index contributed by atoms with van der Waals surface area (Å²) in [5.74, 6) is 0.683. The van der Waals surface area contributed by atoms with Crippen LogP contribution in [0, 0.1) is 6.92 Å². The van der Waals surface area contributed by atoms with Crippen LogP contribution in [-0.2, 0) is 0 Å². The van der Waals surface area contributed by atoms with E-state index in [1.54, 1.807) is 24.3 Å². The summed E-state index contributed by atoms with van der Waals surface area (Å²) in [6.45, 7) is 1.83. The Bertz CT molecular complexity index is 845. The molecule has 3 aromatic rings. The summed E-state index contributed by atoms with van der Waals surface area (Å²) in [7, 11) is 0. The standard InChI is InChI=1S/C16H12O4/c1-9-14-8-12(18)6-7-13(14)16(19)20-15(9)10-2-4-11(17)5-3-10/h2-8,17-18H,1H3. The normalized spacial score (nSPS) is 10.8. The Morgan fingerprint density at radius 1 is 0.900 bits per heavy atom. The highest BCUT2D eigenvalue weighted by molar-refractivity contribution is 5.89. The van der Waals surface area contributed by atoms with E-state index >= 15 is 0 Å². The molecule has 0 aliphatic carbocycles. The Kier molecular flexibility index (Phi) is 2.71. The smallest absolute Gasteiger partial charge is 0.344 e. The molecule has 1 heterocycles. The molecule has 2 aromatic carbocycles. The molecular formula is C16H12O4. The van der Waals surface area contributed by atoms with Crippen molar-refractivity contribution in [3.05, 3.63) is 58.4 Å². The van der Waals surface area contributed by atoms with Crippen molar-refractivity contribution in [3.8, 4) is 22.8 Å². The van der Waals surface area contributed by atoms with E-state index in [9.17, 15) is 15.0 Å². The van der Waals surface area contributed by atoms with Gasteiger partial charge in [-0.1, -0.05) is 0 Å². The fraction of sp³-hybridized carbons (Fsp3) is 0.0625. The van der Waals surface area contributed by atoms with Gasteiger partial charge in [-0.25, -0.2) is 4.79 Å². The van der Waals surface area contributed by atoms with E-state index in [2.05, 4.69) is 0 Å². The monoisotopic (exact) mass is 268 g/mol. The third-order valence-corrected chi connectivity index (χ3v) is 3.29. The van der Waals surface area contributed by atoms with E-state index in [0.717, 1.165) is 5.56 Å². The molecular weight excluding hydrogens is 256 g/mol. The van der Waals surface area contributed by atoms with Crippen LogP contribution in [0.3, 0.4) is 0 Å². The van der Waals surface area contributed by atoms with Gasteiger partial charge < -0.3 is 14.6 Å². The number of hydrogen-bond donors (Lipinski definition) is 2. The number of hydrogen-bond acceptors (Lipinski definition) is 4. The van der Waals surface area contributed by atoms with Crippen LogP contribution in [-0.4, -0.2) is 10.2 Å². The molecule has 0 saturated carbocycles. The van der Waals surface area contributed by atoms with Crippen molar-refractivity contribution in [2.24, 2.45) is 0 Å². The molecule has 0 aliphatic rings. The lowest BCUT2D eigenvalue weighted by molar-refractivity contribution is 0.475. The van der Waals surface area contributed by atoms with Crippen molar-refractivity contribution in [2.45, 2.75) is 6.92 Å². The minimum absolute atomic E-state index is 0.0999. The van der Waals surface area contributed by atoms with Crippen molar-refractivity contribution >= 4 is 10.8 Å². The predicted octanol–water partition coefficient (Wildman–Crippen LogP) is 3.18. The molecule has 4 nitrogen and oxygen atoms in total. The van der Waals surface area contributed by atoms with Gasteiger partial charge in [0.15, 0.2) is 0 Å². The average Bonchev–Trinajstić information content (AvgIpc) is 2.44. The minimum atomic E-state index is -0.450. The lowest BCUT2D eigenvalue weighted by Gasteiger charge is -2.08. The van der Waals surface area contributed by atoms with Crippen LogP contribution >= 0.6 is 0 Å². The fourth-order valence-corrected chi connectivity index (χ4v) is 2.26. The number of aryl methyl sites for hydroxylation is 1. The zero-order chi connectivity index (χ0) is 14.3. The first-order valence-corrected chi connectivity index (χ1v) is 6.12. The molecule has 1 aromatic heterocycles. The quantitative estimate of drug-likeness (QED) is 0.711. The van der Waals surface area contributed by atoms with Crippen LogP contribution < -0.4 is 5.63 Å². The summed E-state index contributed by atoms with van der Waals surface area (Å²) in [6, 6.07) is 11.0. The summed E-state index contributed by atoms with van der Waals surface area (Å²) < 4.78 is 5.37. The maximum absolute atomic E-state index is 12.0. The highest BCUT2D eigenvalue weighted by Gasteiger charge is 2.12. The van der Waals surface area contributed by atoms with Gasteiger partial charge in [-0.3, -0.25) is 0 Å². The molecule has 0 fully saturated rings. The summed E-state index contributed by atoms with van der Waals surface area (Å²) in [6.07, 6.45) is 0. The number of fused-ring (bicyclic) bond motifs is 1. The molecule has 0 amide bonds. The Hall–Kier alpha value is -2.75. The van der Waals surface area contributed by atoms with Gasteiger partial charge in [0.1, 0.15) is 17.3 Å². The number of phenols is 2. The molecule has 0 saturated heterocycles. The molecule has 3 rings (SSSR count). The van der Waals surface area contributed by atoms with E-state index in [1.807, 2.05) is 6.92 Å². The van der Waals surface area contributed by atoms with Gasteiger partial charge in [0.2, 0.25) is 0 Å². The van der Waals surface area contributed by atoms with Gasteiger partial charge in [0.25, 0.3) is 0 Å². The first-order valence-electron chi connectivity index (χ1n) is 6.12. The van der Waals surface area contributed by atoms with E-state index in [1.165, 1.54) is 18.2 Å². The first-order chi connectivity index (χ1) is 9.56. The number of rotatable bonds is 1. The Balaban J connectivity index is 2.34. The van der Waals surface area contributed by atoms with Crippen LogP contribution in [0.2, 0.25) is 0 Å². The van der Waals surface area contributed by atoms with Gasteiger partial charge in [-0.2, -0.15) is 0 Å². The highest BCUT2D eigenvalue weighted by Crippen LogP contribution is 2.30. The molecule has 0 spiro atoms. The summed E-state index contributed by atoms with van der Waals surface area (Å²) in [4.78, 5) is 12.0. The third-order valence-electron chi connectivity index (χ3n) is 3.29. The number of aromatic hydroxyl groups is 2. The van der Waals surface area contributed by atoms with Gasteiger partial charge >= 0.3 is 5.63 Å². The van der Waals surface area contributed by atoms with Crippen molar-refractivity contribution in [1.82, 2.24) is 0 Å². The highest BCUT2D eigenvalue weighted by atomic mass is 16.4. The van der Waals surface area contributed by atoms with E-state index < -0.39 is 5.63 Å². The van der Waals surface area contributed by atoms with Crippen LogP contribution in [0.15, 0.2) is 51.7 Å². The van der Waals surface area contributed by atoms with Gasteiger partial charge in [0.05, 0.1) is 5.39 Å². The van der Waals surface area contributed by atoms with Crippen LogP contribution in [0.4, 0.5) is 0 Å². The molecule has 0 radical (unpaired) electrons. The largest absolute Gasteiger partial charge is 0.508 e. The second-order valence-electron chi connectivity index (χ2n) is 4.62. The number of phenolic OH excluding ortho intramolecular Hbond substituents is 2. The Morgan fingerprint density at radius 3 is 2.25 bits per heavy atom. The molecule has 0 unspecified atom stereocenters. The lowest BCUT2D eigenvalue weighted by atomic mass is 10.0. The maximum atomic E-state index is 12.0. The predicted molar refractivity (Wildman–Crippen MR) is 76.0 cm³/mol. The van der Waals surface area contributed by atoms with Crippen LogP contribution in [0.5, 0.6) is 11.5 Å². The van der Waals surface area contributed by atoms with E-state index in [4.69, 9.17) is 4.42 Å². The Labute approximate surface area is 114 Å². The Morgan fingerprint density at radius 2 is 1.55 bits per heavy atom. The summed E-state index contributed by atoms with van der Waals surface area (Å²) in [5.41, 5.74) is 1.01. The fourth-order valence-electron chi connectivity index (χ4n) is 2.26. The average molecular weight is 268 g/mol. The topological polar surface area (TPSA) is 70.7 Å². The third kappa shape index (κ3) is 1.91. The van der Waals surface area contributed by atoms with Gasteiger partial charge in [-0.15, -0.1) is 0 Å². The molecule has 20 heavy (non-hydrogen) atoms.